The molecule has 3 rings (SSSR count). The van der Waals surface area contributed by atoms with Crippen LogP contribution in [0.3, 0.4) is 0 Å². The van der Waals surface area contributed by atoms with Crippen molar-refractivity contribution in [2.24, 2.45) is 5.73 Å². The zero-order chi connectivity index (χ0) is 21.2. The van der Waals surface area contributed by atoms with Crippen molar-refractivity contribution in [2.75, 3.05) is 7.11 Å². The number of carbonyl (C=O) groups excluding carboxylic acids is 2. The molecule has 2 N–H and O–H groups in total. The van der Waals surface area contributed by atoms with E-state index in [1.165, 1.54) is 23.8 Å². The molecule has 0 atom stereocenters. The molecule has 0 aliphatic carbocycles. The Labute approximate surface area is 162 Å². The van der Waals surface area contributed by atoms with Gasteiger partial charge in [-0.3, -0.25) is 14.2 Å². The smallest absolute Gasteiger partial charge is 0.469 e. The molecule has 7 nitrogen and oxygen atoms in total. The number of hydrogen-bond donors (Lipinski definition) is 1. The fourth-order valence-electron chi connectivity index (χ4n) is 2.87. The van der Waals surface area contributed by atoms with Gasteiger partial charge in [0.1, 0.15) is 17.3 Å². The molecule has 0 bridgehead atoms. The predicted molar refractivity (Wildman–Crippen MR) is 96.6 cm³/mol. The van der Waals surface area contributed by atoms with E-state index in [2.05, 4.69) is 14.5 Å². The van der Waals surface area contributed by atoms with Crippen LogP contribution >= 0.6 is 0 Å². The van der Waals surface area contributed by atoms with Gasteiger partial charge in [0.2, 0.25) is 0 Å². The first-order valence-electron chi connectivity index (χ1n) is 8.42. The topological polar surface area (TPSA) is 96.4 Å². The summed E-state index contributed by atoms with van der Waals surface area (Å²) in [6, 6.07) is 10.0. The number of alkyl halides is 3. The van der Waals surface area contributed by atoms with Gasteiger partial charge in [-0.05, 0) is 30.3 Å². The van der Waals surface area contributed by atoms with Crippen LogP contribution in [-0.2, 0) is 16.0 Å². The van der Waals surface area contributed by atoms with Gasteiger partial charge in [-0.1, -0.05) is 6.07 Å². The average molecular weight is 407 g/mol. The number of aromatic nitrogens is 2. The average Bonchev–Trinajstić information content (AvgIpc) is 3.04. The van der Waals surface area contributed by atoms with E-state index in [1.807, 2.05) is 0 Å². The summed E-state index contributed by atoms with van der Waals surface area (Å²) in [4.78, 5) is 27.7. The largest absolute Gasteiger partial charge is 0.573 e. The van der Waals surface area contributed by atoms with Gasteiger partial charge in [0.25, 0.3) is 5.91 Å². The Bertz CT molecular complexity index is 1080. The number of rotatable bonds is 6. The summed E-state index contributed by atoms with van der Waals surface area (Å²) in [5, 5.41) is 0.482. The van der Waals surface area contributed by atoms with Crippen molar-refractivity contribution in [2.45, 2.75) is 19.2 Å². The normalized spacial score (nSPS) is 11.4. The van der Waals surface area contributed by atoms with Gasteiger partial charge < -0.3 is 15.2 Å². The maximum atomic E-state index is 12.6. The number of methoxy groups -OCH3 is 1. The molecular weight excluding hydrogens is 391 g/mol. The lowest BCUT2D eigenvalue weighted by Crippen LogP contribution is -2.17. The van der Waals surface area contributed by atoms with E-state index in [9.17, 15) is 22.8 Å². The third-order valence-corrected chi connectivity index (χ3v) is 4.10. The Morgan fingerprint density at radius 3 is 2.59 bits per heavy atom. The molecule has 2 aromatic heterocycles. The van der Waals surface area contributed by atoms with Crippen molar-refractivity contribution in [3.63, 3.8) is 0 Å². The van der Waals surface area contributed by atoms with Gasteiger partial charge in [0, 0.05) is 23.6 Å². The third-order valence-electron chi connectivity index (χ3n) is 4.10. The van der Waals surface area contributed by atoms with Crippen LogP contribution in [0, 0.1) is 0 Å². The summed E-state index contributed by atoms with van der Waals surface area (Å²) in [6.45, 7) is 0. The first-order chi connectivity index (χ1) is 13.7. The van der Waals surface area contributed by atoms with Crippen LogP contribution < -0.4 is 10.5 Å². The Morgan fingerprint density at radius 1 is 1.17 bits per heavy atom. The number of benzene rings is 1. The molecule has 0 fully saturated rings. The molecule has 0 aliphatic rings. The summed E-state index contributed by atoms with van der Waals surface area (Å²) in [7, 11) is 1.28. The standard InChI is InChI=1S/C19H16F3N3O4/c1-28-17(26)8-6-12-3-2-4-16(24-12)25-14-10-13(29-19(20,21)22)7-5-11(14)9-15(25)18(23)27/h2-5,7,9-10H,6,8H2,1H3,(H2,23,27). The first kappa shape index (κ1) is 20.2. The number of carbonyl (C=O) groups is 2. The Morgan fingerprint density at radius 2 is 1.93 bits per heavy atom. The lowest BCUT2D eigenvalue weighted by atomic mass is 10.2. The van der Waals surface area contributed by atoms with E-state index in [0.717, 1.165) is 12.1 Å². The molecule has 0 aliphatic heterocycles. The minimum Gasteiger partial charge on any atom is -0.469 e. The predicted octanol–water partition coefficient (Wildman–Crippen LogP) is 3.13. The van der Waals surface area contributed by atoms with Crippen molar-refractivity contribution in [1.82, 2.24) is 9.55 Å². The van der Waals surface area contributed by atoms with Crippen LogP contribution in [-0.4, -0.2) is 34.9 Å². The number of halogens is 3. The Balaban J connectivity index is 2.09. The maximum Gasteiger partial charge on any atom is 0.573 e. The second-order valence-corrected chi connectivity index (χ2v) is 6.06. The van der Waals surface area contributed by atoms with E-state index < -0.39 is 24.0 Å². The van der Waals surface area contributed by atoms with Crippen LogP contribution in [0.25, 0.3) is 16.7 Å². The Kier molecular flexibility index (Phi) is 5.44. The fraction of sp³-hybridized carbons (Fsp3) is 0.211. The highest BCUT2D eigenvalue weighted by Gasteiger charge is 2.31. The minimum absolute atomic E-state index is 0.0433. The van der Waals surface area contributed by atoms with E-state index in [-0.39, 0.29) is 29.9 Å². The highest BCUT2D eigenvalue weighted by Crippen LogP contribution is 2.30. The zero-order valence-corrected chi connectivity index (χ0v) is 15.2. The van der Waals surface area contributed by atoms with E-state index in [4.69, 9.17) is 5.73 Å². The maximum absolute atomic E-state index is 12.6. The van der Waals surface area contributed by atoms with Crippen molar-refractivity contribution in [1.29, 1.82) is 0 Å². The number of aryl methyl sites for hydroxylation is 1. The van der Waals surface area contributed by atoms with Crippen molar-refractivity contribution < 1.29 is 32.2 Å². The number of esters is 1. The molecule has 152 valence electrons. The molecule has 0 spiro atoms. The molecule has 10 heteroatoms. The minimum atomic E-state index is -4.86. The van der Waals surface area contributed by atoms with Crippen LogP contribution in [0.2, 0.25) is 0 Å². The number of ether oxygens (including phenoxy) is 2. The molecule has 2 heterocycles. The highest BCUT2D eigenvalue weighted by atomic mass is 19.4. The van der Waals surface area contributed by atoms with E-state index in [0.29, 0.717) is 11.1 Å². The zero-order valence-electron chi connectivity index (χ0n) is 15.2. The molecular formula is C19H16F3N3O4. The number of primary amides is 1. The molecule has 0 radical (unpaired) electrons. The van der Waals surface area contributed by atoms with Crippen molar-refractivity contribution >= 4 is 22.8 Å². The molecule has 1 aromatic carbocycles. The lowest BCUT2D eigenvalue weighted by molar-refractivity contribution is -0.274. The monoisotopic (exact) mass is 407 g/mol. The summed E-state index contributed by atoms with van der Waals surface area (Å²) < 4.78 is 47.6. The van der Waals surface area contributed by atoms with Crippen LogP contribution in [0.15, 0.2) is 42.5 Å². The number of hydrogen-bond acceptors (Lipinski definition) is 5. The summed E-state index contributed by atoms with van der Waals surface area (Å²) in [6.07, 6.45) is -4.47. The van der Waals surface area contributed by atoms with Crippen LogP contribution in [0.5, 0.6) is 5.75 Å². The van der Waals surface area contributed by atoms with Crippen LogP contribution in [0.1, 0.15) is 22.6 Å². The molecule has 1 amide bonds. The second-order valence-electron chi connectivity index (χ2n) is 6.06. The highest BCUT2D eigenvalue weighted by molar-refractivity contribution is 5.99. The molecule has 29 heavy (non-hydrogen) atoms. The van der Waals surface area contributed by atoms with Gasteiger partial charge >= 0.3 is 12.3 Å². The number of nitrogens with zero attached hydrogens (tertiary/aromatic N) is 2. The molecule has 0 unspecified atom stereocenters. The van der Waals surface area contributed by atoms with Crippen molar-refractivity contribution in [3.05, 3.63) is 53.9 Å². The number of amides is 1. The van der Waals surface area contributed by atoms with Crippen LogP contribution in [0.4, 0.5) is 13.2 Å². The van der Waals surface area contributed by atoms with E-state index in [1.54, 1.807) is 18.2 Å². The van der Waals surface area contributed by atoms with Gasteiger partial charge in [0.15, 0.2) is 0 Å². The second kappa shape index (κ2) is 7.82. The summed E-state index contributed by atoms with van der Waals surface area (Å²) in [5.74, 6) is -1.36. The van der Waals surface area contributed by atoms with Gasteiger partial charge in [-0.15, -0.1) is 13.2 Å². The third kappa shape index (κ3) is 4.65. The fourth-order valence-corrected chi connectivity index (χ4v) is 2.87. The molecule has 0 saturated heterocycles. The molecule has 0 saturated carbocycles. The van der Waals surface area contributed by atoms with Gasteiger partial charge in [-0.25, -0.2) is 4.98 Å². The van der Waals surface area contributed by atoms with Gasteiger partial charge in [-0.2, -0.15) is 0 Å². The van der Waals surface area contributed by atoms with E-state index >= 15 is 0 Å². The first-order valence-corrected chi connectivity index (χ1v) is 8.42. The number of fused-ring (bicyclic) bond motifs is 1. The molecule has 3 aromatic rings. The SMILES string of the molecule is COC(=O)CCc1cccc(-n2c(C(N)=O)cc3ccc(OC(F)(F)F)cc32)n1. The number of pyridine rings is 1. The Hall–Kier alpha value is -3.56. The summed E-state index contributed by atoms with van der Waals surface area (Å²) in [5.41, 5.74) is 6.29. The number of nitrogens with two attached hydrogens (primary N) is 1. The lowest BCUT2D eigenvalue weighted by Gasteiger charge is -2.12. The van der Waals surface area contributed by atoms with Gasteiger partial charge in [0.05, 0.1) is 19.0 Å². The summed E-state index contributed by atoms with van der Waals surface area (Å²) >= 11 is 0. The quantitative estimate of drug-likeness (QED) is 0.634. The van der Waals surface area contributed by atoms with Crippen molar-refractivity contribution in [3.8, 4) is 11.6 Å².